The summed E-state index contributed by atoms with van der Waals surface area (Å²) in [4.78, 5) is 0.755. The Morgan fingerprint density at radius 1 is 1.29 bits per heavy atom. The summed E-state index contributed by atoms with van der Waals surface area (Å²) in [5.74, 6) is 0. The van der Waals surface area contributed by atoms with Crippen LogP contribution in [0.2, 0.25) is 0 Å². The Morgan fingerprint density at radius 3 is 2.12 bits per heavy atom. The zero-order chi connectivity index (χ0) is 12.9. The van der Waals surface area contributed by atoms with Gasteiger partial charge in [0.05, 0.1) is 0 Å². The van der Waals surface area contributed by atoms with Crippen molar-refractivity contribution >= 4 is 50.7 Å². The molecule has 17 heavy (non-hydrogen) atoms. The predicted octanol–water partition coefficient (Wildman–Crippen LogP) is 5.46. The van der Waals surface area contributed by atoms with E-state index >= 15 is 0 Å². The van der Waals surface area contributed by atoms with Crippen molar-refractivity contribution in [3.63, 3.8) is 0 Å². The van der Waals surface area contributed by atoms with Gasteiger partial charge in [0.25, 0.3) is 0 Å². The van der Waals surface area contributed by atoms with E-state index in [2.05, 4.69) is 42.5 Å². The van der Waals surface area contributed by atoms with E-state index in [1.165, 1.54) is 12.8 Å². The summed E-state index contributed by atoms with van der Waals surface area (Å²) in [7, 11) is 9.75. The van der Waals surface area contributed by atoms with Crippen LogP contribution >= 0.6 is 50.7 Å². The van der Waals surface area contributed by atoms with Crippen molar-refractivity contribution in [1.29, 1.82) is 0 Å². The van der Waals surface area contributed by atoms with Gasteiger partial charge in [0.1, 0.15) is 0 Å². The van der Waals surface area contributed by atoms with Crippen LogP contribution in [0.25, 0.3) is 10.6 Å². The Hall–Kier alpha value is 1.47. The maximum atomic E-state index is 4.88. The molecular weight excluding hydrogens is 574 g/mol. The molecule has 2 rings (SSSR count). The van der Waals surface area contributed by atoms with Crippen LogP contribution in [0.5, 0.6) is 0 Å². The van der Waals surface area contributed by atoms with Gasteiger partial charge in [-0.1, -0.05) is 56.9 Å². The third kappa shape index (κ3) is 13.7. The summed E-state index contributed by atoms with van der Waals surface area (Å²) in [5, 5.41) is 8.14. The van der Waals surface area contributed by atoms with Crippen LogP contribution < -0.4 is 0 Å². The molecule has 102 valence electrons. The van der Waals surface area contributed by atoms with Gasteiger partial charge in [0, 0.05) is 9.31 Å². The van der Waals surface area contributed by atoms with Crippen LogP contribution in [0, 0.1) is 0 Å². The monoisotopic (exact) mass is 585 g/mol. The van der Waals surface area contributed by atoms with Crippen LogP contribution in [0.3, 0.4) is 0 Å². The van der Waals surface area contributed by atoms with Gasteiger partial charge in [-0.05, 0) is 0 Å². The normalized spacial score (nSPS) is 19.2. The first kappa shape index (κ1) is 18.5. The summed E-state index contributed by atoms with van der Waals surface area (Å²) in [6, 6.07) is 0. The van der Waals surface area contributed by atoms with Crippen LogP contribution in [-0.2, 0) is 16.5 Å². The van der Waals surface area contributed by atoms with Crippen molar-refractivity contribution in [2.75, 3.05) is 19.6 Å². The Morgan fingerprint density at radius 2 is 1.88 bits per heavy atom. The number of piperidine rings is 1. The summed E-state index contributed by atoms with van der Waals surface area (Å²) in [5.41, 5.74) is 0. The number of alkyl halides is 1. The van der Waals surface area contributed by atoms with E-state index in [0.29, 0.717) is 0 Å². The third-order valence-electron chi connectivity index (χ3n) is 1.93. The molecule has 2 heterocycles. The molecule has 2 aliphatic heterocycles. The Balaban J connectivity index is 0.000000247. The Bertz CT molecular complexity index is 234. The van der Waals surface area contributed by atoms with Crippen molar-refractivity contribution < 1.29 is 16.5 Å². The summed E-state index contributed by atoms with van der Waals surface area (Å²) >= 11 is 6.36. The van der Waals surface area contributed by atoms with Gasteiger partial charge >= 0.3 is 35.3 Å². The molecular formula is C10H14Br2Cl2N2Pt. The van der Waals surface area contributed by atoms with E-state index in [1.54, 1.807) is 6.20 Å². The molecule has 0 aliphatic carbocycles. The number of nitrogens with zero attached hydrogens (tertiary/aromatic N) is 2. The molecule has 0 aromatic rings. The maximum absolute atomic E-state index is 4.88. The van der Waals surface area contributed by atoms with E-state index in [1.807, 2.05) is 12.2 Å². The van der Waals surface area contributed by atoms with Crippen LogP contribution in [-0.4, -0.2) is 24.5 Å². The van der Waals surface area contributed by atoms with Crippen LogP contribution in [0.1, 0.15) is 12.8 Å². The van der Waals surface area contributed by atoms with Crippen LogP contribution in [0.15, 0.2) is 22.8 Å². The van der Waals surface area contributed by atoms with E-state index in [0.717, 1.165) is 28.9 Å². The van der Waals surface area contributed by atoms with Gasteiger partial charge in [-0.3, -0.25) is 0 Å². The van der Waals surface area contributed by atoms with E-state index < -0.39 is 16.5 Å². The molecule has 0 N–H and O–H groups in total. The minimum atomic E-state index is -0.472. The van der Waals surface area contributed by atoms with Gasteiger partial charge < -0.3 is 10.6 Å². The van der Waals surface area contributed by atoms with Gasteiger partial charge in [0.2, 0.25) is 0 Å². The average molecular weight is 588 g/mol. The molecule has 0 spiro atoms. The zero-order valence-electron chi connectivity index (χ0n) is 9.07. The van der Waals surface area contributed by atoms with Gasteiger partial charge in [-0.15, -0.1) is 19.6 Å². The SMILES string of the molecule is BrC1=CC[N-]C=C1.BrC1CC[N-]CC1.[Cl][Pt+2][Cl]. The molecule has 0 atom stereocenters. The van der Waals surface area contributed by atoms with Crippen molar-refractivity contribution in [3.05, 3.63) is 33.5 Å². The first-order valence-electron chi connectivity index (χ1n) is 4.99. The topological polar surface area (TPSA) is 28.2 Å². The first-order chi connectivity index (χ1) is 8.20. The molecule has 0 saturated carbocycles. The second-order valence-electron chi connectivity index (χ2n) is 3.16. The number of allylic oxidation sites excluding steroid dienone is 2. The third-order valence-corrected chi connectivity index (χ3v) is 3.44. The molecule has 1 fully saturated rings. The molecule has 0 unspecified atom stereocenters. The fraction of sp³-hybridized carbons (Fsp3) is 0.600. The zero-order valence-corrected chi connectivity index (χ0v) is 16.0. The standard InChI is InChI=1S/C5H9BrN.C5H5BrN.2ClH.Pt/c2*6-5-1-3-7-4-2-5;;;/h5H,1-4H2;1-3H,4H2;2*1H;/q2*-1;;;+4/p-2. The summed E-state index contributed by atoms with van der Waals surface area (Å²) < 4.78 is 1.13. The number of hydrogen-bond donors (Lipinski definition) is 0. The van der Waals surface area contributed by atoms with Gasteiger partial charge in [-0.2, -0.15) is 6.20 Å². The summed E-state index contributed by atoms with van der Waals surface area (Å²) in [6.45, 7) is 2.95. The van der Waals surface area contributed by atoms with Crippen LogP contribution in [0.4, 0.5) is 0 Å². The Kier molecular flexibility index (Phi) is 15.1. The van der Waals surface area contributed by atoms with Crippen molar-refractivity contribution in [2.45, 2.75) is 17.7 Å². The Labute approximate surface area is 137 Å². The summed E-state index contributed by atoms with van der Waals surface area (Å²) in [6.07, 6.45) is 8.20. The average Bonchev–Trinajstić information content (AvgIpc) is 2.33. The molecule has 7 heteroatoms. The van der Waals surface area contributed by atoms with E-state index in [4.69, 9.17) is 18.8 Å². The first-order valence-corrected chi connectivity index (χ1v) is 12.3. The quantitative estimate of drug-likeness (QED) is 0.337. The fourth-order valence-corrected chi connectivity index (χ4v) is 1.78. The molecule has 0 aromatic heterocycles. The number of halogens is 4. The van der Waals surface area contributed by atoms with E-state index in [-0.39, 0.29) is 0 Å². The van der Waals surface area contributed by atoms with Gasteiger partial charge in [0.15, 0.2) is 0 Å². The second-order valence-corrected chi connectivity index (χ2v) is 8.65. The van der Waals surface area contributed by atoms with Crippen molar-refractivity contribution in [2.24, 2.45) is 0 Å². The molecule has 2 aliphatic rings. The second kappa shape index (κ2) is 13.9. The number of hydrogen-bond acceptors (Lipinski definition) is 0. The molecule has 0 bridgehead atoms. The van der Waals surface area contributed by atoms with E-state index in [9.17, 15) is 0 Å². The molecule has 1 saturated heterocycles. The minimum absolute atomic E-state index is 0.472. The molecule has 0 radical (unpaired) electrons. The predicted molar refractivity (Wildman–Crippen MR) is 81.1 cm³/mol. The van der Waals surface area contributed by atoms with Crippen molar-refractivity contribution in [1.82, 2.24) is 0 Å². The van der Waals surface area contributed by atoms with Crippen molar-refractivity contribution in [3.8, 4) is 0 Å². The molecule has 0 aromatic carbocycles. The molecule has 2 nitrogen and oxygen atoms in total. The number of rotatable bonds is 0. The molecule has 0 amide bonds. The van der Waals surface area contributed by atoms with Gasteiger partial charge in [-0.25, -0.2) is 0 Å². The fourth-order valence-electron chi connectivity index (χ4n) is 1.11.